The molecule has 0 unspecified atom stereocenters. The molecule has 3 nitrogen and oxygen atoms in total. The molecular formula is C20H28N2O. The van der Waals surface area contributed by atoms with Gasteiger partial charge in [-0.2, -0.15) is 0 Å². The zero-order valence-electron chi connectivity index (χ0n) is 14.1. The molecule has 0 radical (unpaired) electrons. The Morgan fingerprint density at radius 3 is 2.39 bits per heavy atom. The number of ether oxygens (including phenoxy) is 1. The molecule has 0 atom stereocenters. The summed E-state index contributed by atoms with van der Waals surface area (Å²) in [5.41, 5.74) is 8.27. The van der Waals surface area contributed by atoms with E-state index in [0.717, 1.165) is 51.2 Å². The predicted molar refractivity (Wildman–Crippen MR) is 96.7 cm³/mol. The first-order valence-electron chi connectivity index (χ1n) is 8.41. The molecule has 0 spiro atoms. The standard InChI is InChI=1S/C20H28N2O/c1-23-20-12-6-5-11-19(20)13-16-22(15-8-7-14-21)17-18-9-3-2-4-10-18/h2-6,9-12H,7-8,13-17,21H2,1H3. The van der Waals surface area contributed by atoms with Gasteiger partial charge in [0.25, 0.3) is 0 Å². The fraction of sp³-hybridized carbons (Fsp3) is 0.400. The van der Waals surface area contributed by atoms with Gasteiger partial charge in [-0.05, 0) is 49.5 Å². The first kappa shape index (κ1) is 17.5. The summed E-state index contributed by atoms with van der Waals surface area (Å²) in [6, 6.07) is 18.9. The summed E-state index contributed by atoms with van der Waals surface area (Å²) in [5, 5.41) is 0. The van der Waals surface area contributed by atoms with Crippen molar-refractivity contribution in [3.05, 3.63) is 65.7 Å². The maximum Gasteiger partial charge on any atom is 0.122 e. The van der Waals surface area contributed by atoms with E-state index in [2.05, 4.69) is 47.4 Å². The summed E-state index contributed by atoms with van der Waals surface area (Å²) < 4.78 is 5.46. The third-order valence-corrected chi connectivity index (χ3v) is 4.07. The van der Waals surface area contributed by atoms with E-state index in [1.165, 1.54) is 11.1 Å². The van der Waals surface area contributed by atoms with Crippen molar-refractivity contribution in [2.45, 2.75) is 25.8 Å². The Kier molecular flexibility index (Phi) is 7.64. The van der Waals surface area contributed by atoms with Gasteiger partial charge in [-0.25, -0.2) is 0 Å². The van der Waals surface area contributed by atoms with Crippen LogP contribution in [0.15, 0.2) is 54.6 Å². The molecule has 2 N–H and O–H groups in total. The van der Waals surface area contributed by atoms with Crippen LogP contribution in [0.4, 0.5) is 0 Å². The first-order chi connectivity index (χ1) is 11.3. The largest absolute Gasteiger partial charge is 0.496 e. The number of nitrogens with zero attached hydrogens (tertiary/aromatic N) is 1. The highest BCUT2D eigenvalue weighted by Crippen LogP contribution is 2.18. The lowest BCUT2D eigenvalue weighted by Crippen LogP contribution is -2.27. The van der Waals surface area contributed by atoms with E-state index in [4.69, 9.17) is 10.5 Å². The molecular weight excluding hydrogens is 284 g/mol. The smallest absolute Gasteiger partial charge is 0.122 e. The van der Waals surface area contributed by atoms with Crippen molar-refractivity contribution in [1.82, 2.24) is 4.90 Å². The number of rotatable bonds is 10. The molecule has 0 aliphatic carbocycles. The van der Waals surface area contributed by atoms with Gasteiger partial charge in [0.2, 0.25) is 0 Å². The molecule has 0 aromatic heterocycles. The van der Waals surface area contributed by atoms with Gasteiger partial charge in [0.1, 0.15) is 5.75 Å². The number of benzene rings is 2. The minimum Gasteiger partial charge on any atom is -0.496 e. The zero-order chi connectivity index (χ0) is 16.3. The van der Waals surface area contributed by atoms with E-state index in [0.29, 0.717) is 0 Å². The number of hydrogen-bond donors (Lipinski definition) is 1. The van der Waals surface area contributed by atoms with Crippen LogP contribution < -0.4 is 10.5 Å². The maximum absolute atomic E-state index is 5.64. The summed E-state index contributed by atoms with van der Waals surface area (Å²) in [4.78, 5) is 2.51. The molecule has 2 aromatic carbocycles. The van der Waals surface area contributed by atoms with Crippen LogP contribution in [-0.4, -0.2) is 31.6 Å². The quantitative estimate of drug-likeness (QED) is 0.683. The average Bonchev–Trinajstić information content (AvgIpc) is 2.61. The van der Waals surface area contributed by atoms with Crippen molar-refractivity contribution in [2.75, 3.05) is 26.7 Å². The van der Waals surface area contributed by atoms with Gasteiger partial charge in [-0.3, -0.25) is 4.90 Å². The second-order valence-corrected chi connectivity index (χ2v) is 5.82. The molecule has 0 fully saturated rings. The van der Waals surface area contributed by atoms with Crippen molar-refractivity contribution >= 4 is 0 Å². The van der Waals surface area contributed by atoms with Crippen LogP contribution in [0.1, 0.15) is 24.0 Å². The van der Waals surface area contributed by atoms with Crippen molar-refractivity contribution in [1.29, 1.82) is 0 Å². The van der Waals surface area contributed by atoms with E-state index in [-0.39, 0.29) is 0 Å². The van der Waals surface area contributed by atoms with Gasteiger partial charge in [0, 0.05) is 13.1 Å². The van der Waals surface area contributed by atoms with Gasteiger partial charge in [-0.15, -0.1) is 0 Å². The SMILES string of the molecule is COc1ccccc1CCN(CCCCN)Cc1ccccc1. The molecule has 23 heavy (non-hydrogen) atoms. The molecule has 0 saturated carbocycles. The van der Waals surface area contributed by atoms with E-state index in [1.54, 1.807) is 7.11 Å². The molecule has 124 valence electrons. The molecule has 0 heterocycles. The number of hydrogen-bond acceptors (Lipinski definition) is 3. The highest BCUT2D eigenvalue weighted by atomic mass is 16.5. The third kappa shape index (κ3) is 6.05. The van der Waals surface area contributed by atoms with Crippen LogP contribution in [0, 0.1) is 0 Å². The Bertz CT molecular complexity index is 557. The topological polar surface area (TPSA) is 38.5 Å². The van der Waals surface area contributed by atoms with Crippen molar-refractivity contribution < 1.29 is 4.74 Å². The Hall–Kier alpha value is -1.84. The van der Waals surface area contributed by atoms with Crippen molar-refractivity contribution in [2.24, 2.45) is 5.73 Å². The predicted octanol–water partition coefficient (Wildman–Crippen LogP) is 3.48. The highest BCUT2D eigenvalue weighted by Gasteiger charge is 2.08. The van der Waals surface area contributed by atoms with Gasteiger partial charge < -0.3 is 10.5 Å². The molecule has 0 aliphatic rings. The number of methoxy groups -OCH3 is 1. The van der Waals surface area contributed by atoms with Gasteiger partial charge in [0.15, 0.2) is 0 Å². The monoisotopic (exact) mass is 312 g/mol. The van der Waals surface area contributed by atoms with E-state index >= 15 is 0 Å². The van der Waals surface area contributed by atoms with Gasteiger partial charge >= 0.3 is 0 Å². The molecule has 0 saturated heterocycles. The molecule has 0 bridgehead atoms. The Labute approximate surface area is 140 Å². The molecule has 0 amide bonds. The van der Waals surface area contributed by atoms with Gasteiger partial charge in [-0.1, -0.05) is 48.5 Å². The lowest BCUT2D eigenvalue weighted by molar-refractivity contribution is 0.262. The Morgan fingerprint density at radius 1 is 0.913 bits per heavy atom. The van der Waals surface area contributed by atoms with E-state index in [1.807, 2.05) is 12.1 Å². The fourth-order valence-corrected chi connectivity index (χ4v) is 2.78. The summed E-state index contributed by atoms with van der Waals surface area (Å²) >= 11 is 0. The van der Waals surface area contributed by atoms with Crippen LogP contribution >= 0.6 is 0 Å². The lowest BCUT2D eigenvalue weighted by atomic mass is 10.1. The molecule has 2 rings (SSSR count). The zero-order valence-corrected chi connectivity index (χ0v) is 14.1. The Balaban J connectivity index is 1.96. The molecule has 3 heteroatoms. The molecule has 0 aliphatic heterocycles. The number of unbranched alkanes of at least 4 members (excludes halogenated alkanes) is 1. The van der Waals surface area contributed by atoms with Crippen LogP contribution in [0.3, 0.4) is 0 Å². The summed E-state index contributed by atoms with van der Waals surface area (Å²) in [7, 11) is 1.74. The maximum atomic E-state index is 5.64. The fourth-order valence-electron chi connectivity index (χ4n) is 2.78. The number of para-hydroxylation sites is 1. The third-order valence-electron chi connectivity index (χ3n) is 4.07. The van der Waals surface area contributed by atoms with E-state index < -0.39 is 0 Å². The lowest BCUT2D eigenvalue weighted by Gasteiger charge is -2.23. The van der Waals surface area contributed by atoms with Gasteiger partial charge in [0.05, 0.1) is 7.11 Å². The highest BCUT2D eigenvalue weighted by molar-refractivity contribution is 5.33. The first-order valence-corrected chi connectivity index (χ1v) is 8.41. The average molecular weight is 312 g/mol. The van der Waals surface area contributed by atoms with Crippen LogP contribution in [0.5, 0.6) is 5.75 Å². The normalized spacial score (nSPS) is 10.9. The minimum absolute atomic E-state index is 0.770. The second-order valence-electron chi connectivity index (χ2n) is 5.82. The van der Waals surface area contributed by atoms with Crippen LogP contribution in [0.25, 0.3) is 0 Å². The summed E-state index contributed by atoms with van der Waals surface area (Å²) in [6.07, 6.45) is 3.23. The Morgan fingerprint density at radius 2 is 1.65 bits per heavy atom. The van der Waals surface area contributed by atoms with E-state index in [9.17, 15) is 0 Å². The van der Waals surface area contributed by atoms with Crippen LogP contribution in [0.2, 0.25) is 0 Å². The minimum atomic E-state index is 0.770. The van der Waals surface area contributed by atoms with Crippen LogP contribution in [-0.2, 0) is 13.0 Å². The number of nitrogens with two attached hydrogens (primary N) is 1. The van der Waals surface area contributed by atoms with Crippen molar-refractivity contribution in [3.8, 4) is 5.75 Å². The summed E-state index contributed by atoms with van der Waals surface area (Å²) in [6.45, 7) is 3.87. The molecule has 2 aromatic rings. The summed E-state index contributed by atoms with van der Waals surface area (Å²) in [5.74, 6) is 0.981. The van der Waals surface area contributed by atoms with Crippen molar-refractivity contribution in [3.63, 3.8) is 0 Å². The second kappa shape index (κ2) is 10.0.